The molecule has 1 aromatic heterocycles. The molecule has 0 bridgehead atoms. The van der Waals surface area contributed by atoms with Crippen molar-refractivity contribution < 1.29 is 14.6 Å². The van der Waals surface area contributed by atoms with Gasteiger partial charge in [-0.1, -0.05) is 35.3 Å². The third-order valence-electron chi connectivity index (χ3n) is 4.30. The summed E-state index contributed by atoms with van der Waals surface area (Å²) in [6, 6.07) is 11.6. The van der Waals surface area contributed by atoms with Crippen LogP contribution in [0.1, 0.15) is 0 Å². The van der Waals surface area contributed by atoms with Crippen LogP contribution in [-0.4, -0.2) is 40.7 Å². The van der Waals surface area contributed by atoms with E-state index < -0.39 is 6.35 Å². The molecule has 1 atom stereocenters. The fourth-order valence-corrected chi connectivity index (χ4v) is 3.43. The minimum atomic E-state index is -1.30. The van der Waals surface area contributed by atoms with E-state index in [0.717, 1.165) is 5.01 Å². The number of H-pyrrole nitrogens is 1. The number of nitrogens with zero attached hydrogens (tertiary/aromatic N) is 4. The first-order valence-corrected chi connectivity index (χ1v) is 9.64. The van der Waals surface area contributed by atoms with Crippen molar-refractivity contribution in [3.63, 3.8) is 0 Å². The highest BCUT2D eigenvalue weighted by Gasteiger charge is 2.22. The number of anilines is 1. The molecule has 1 aliphatic rings. The van der Waals surface area contributed by atoms with Gasteiger partial charge >= 0.3 is 0 Å². The van der Waals surface area contributed by atoms with E-state index in [9.17, 15) is 15.2 Å². The van der Waals surface area contributed by atoms with Gasteiger partial charge in [0.2, 0.25) is 12.2 Å². The topological polar surface area (TPSA) is 136 Å². The van der Waals surface area contributed by atoms with Crippen LogP contribution in [-0.2, 0) is 4.74 Å². The van der Waals surface area contributed by atoms with Gasteiger partial charge in [0.15, 0.2) is 11.5 Å². The first-order chi connectivity index (χ1) is 15.0. The van der Waals surface area contributed by atoms with E-state index in [4.69, 9.17) is 32.7 Å². The molecule has 31 heavy (non-hydrogen) atoms. The van der Waals surface area contributed by atoms with Crippen LogP contribution < -0.4 is 20.6 Å². The van der Waals surface area contributed by atoms with Gasteiger partial charge in [0.25, 0.3) is 5.56 Å². The maximum atomic E-state index is 12.0. The molecule has 0 saturated heterocycles. The molecule has 12 heteroatoms. The van der Waals surface area contributed by atoms with Crippen molar-refractivity contribution in [3.8, 4) is 17.7 Å². The van der Waals surface area contributed by atoms with Gasteiger partial charge in [-0.25, -0.2) is 15.4 Å². The van der Waals surface area contributed by atoms with Gasteiger partial charge in [0.1, 0.15) is 19.4 Å². The number of ether oxygens (including phenoxy) is 2. The molecule has 0 spiro atoms. The van der Waals surface area contributed by atoms with Crippen molar-refractivity contribution in [3.05, 3.63) is 56.8 Å². The number of nitriles is 1. The van der Waals surface area contributed by atoms with Crippen LogP contribution in [0, 0.1) is 11.3 Å². The third kappa shape index (κ3) is 4.32. The number of aliphatic hydroxyl groups excluding tert-OH is 1. The maximum Gasteiger partial charge on any atom is 0.272 e. The molecule has 158 valence electrons. The molecule has 2 heterocycles. The number of rotatable bonds is 3. The number of benzene rings is 2. The van der Waals surface area contributed by atoms with E-state index >= 15 is 0 Å². The second kappa shape index (κ2) is 8.89. The lowest BCUT2D eigenvalue weighted by Gasteiger charge is -2.28. The third-order valence-corrected chi connectivity index (χ3v) is 4.86. The molecule has 1 unspecified atom stereocenters. The standard InChI is InChI=1S/C19H14Cl2N6O4/c20-14-5-11(27-19(29)23-9-30-8-10(7-22)26-27)6-15(21)16(14)31-18-13-4-2-1-3-12(13)17(28)24-25-18/h1-6,19,23,29H,8-9H2,(H,24,28)/b26-10-. The average molecular weight is 461 g/mol. The molecule has 4 rings (SSSR count). The van der Waals surface area contributed by atoms with Crippen LogP contribution >= 0.6 is 23.2 Å². The minimum absolute atomic E-state index is 0.00593. The number of nitrogens with one attached hydrogen (secondary N) is 2. The van der Waals surface area contributed by atoms with Gasteiger partial charge in [-0.3, -0.25) is 4.79 Å². The second-order valence-electron chi connectivity index (χ2n) is 6.32. The Kier molecular flexibility index (Phi) is 6.03. The second-order valence-corrected chi connectivity index (χ2v) is 7.13. The van der Waals surface area contributed by atoms with Crippen molar-refractivity contribution in [2.45, 2.75) is 6.35 Å². The first-order valence-electron chi connectivity index (χ1n) is 8.88. The van der Waals surface area contributed by atoms with Crippen LogP contribution in [0.25, 0.3) is 10.8 Å². The Labute approximate surface area is 185 Å². The molecule has 2 aromatic carbocycles. The zero-order valence-electron chi connectivity index (χ0n) is 15.7. The fraction of sp³-hybridized carbons (Fsp3) is 0.158. The number of aromatic nitrogens is 2. The van der Waals surface area contributed by atoms with Crippen molar-refractivity contribution in [1.29, 1.82) is 5.26 Å². The molecule has 0 saturated carbocycles. The lowest BCUT2D eigenvalue weighted by Crippen LogP contribution is -2.46. The van der Waals surface area contributed by atoms with Crippen molar-refractivity contribution in [1.82, 2.24) is 15.5 Å². The summed E-state index contributed by atoms with van der Waals surface area (Å²) in [5, 5.41) is 34.8. The Morgan fingerprint density at radius 1 is 1.26 bits per heavy atom. The number of hydrogen-bond donors (Lipinski definition) is 3. The Hall–Kier alpha value is -3.20. The molecule has 1 aliphatic heterocycles. The van der Waals surface area contributed by atoms with E-state index in [0.29, 0.717) is 16.5 Å². The monoisotopic (exact) mass is 460 g/mol. The van der Waals surface area contributed by atoms with E-state index in [2.05, 4.69) is 20.6 Å². The summed E-state index contributed by atoms with van der Waals surface area (Å²) in [5.41, 5.74) is -0.00230. The summed E-state index contributed by atoms with van der Waals surface area (Å²) in [4.78, 5) is 12.0. The molecule has 0 amide bonds. The van der Waals surface area contributed by atoms with E-state index in [-0.39, 0.29) is 46.3 Å². The van der Waals surface area contributed by atoms with E-state index in [1.54, 1.807) is 24.3 Å². The minimum Gasteiger partial charge on any atom is -0.434 e. The molecular formula is C19H14Cl2N6O4. The molecule has 3 aromatic rings. The quantitative estimate of drug-likeness (QED) is 0.542. The number of hydrogen-bond acceptors (Lipinski definition) is 9. The van der Waals surface area contributed by atoms with Gasteiger partial charge in [-0.2, -0.15) is 10.4 Å². The lowest BCUT2D eigenvalue weighted by atomic mass is 10.2. The van der Waals surface area contributed by atoms with Crippen molar-refractivity contribution in [2.24, 2.45) is 5.10 Å². The predicted octanol–water partition coefficient (Wildman–Crippen LogP) is 2.56. The van der Waals surface area contributed by atoms with Gasteiger partial charge in [-0.05, 0) is 24.3 Å². The zero-order valence-corrected chi connectivity index (χ0v) is 17.2. The molecule has 0 aliphatic carbocycles. The highest BCUT2D eigenvalue weighted by Crippen LogP contribution is 2.40. The Morgan fingerprint density at radius 2 is 1.97 bits per heavy atom. The lowest BCUT2D eigenvalue weighted by molar-refractivity contribution is 0.0599. The van der Waals surface area contributed by atoms with Crippen LogP contribution in [0.2, 0.25) is 10.0 Å². The summed E-state index contributed by atoms with van der Waals surface area (Å²) in [5.74, 6) is 0.209. The Balaban J connectivity index is 1.73. The number of aliphatic hydroxyl groups is 1. The normalized spacial score (nSPS) is 18.6. The van der Waals surface area contributed by atoms with Gasteiger partial charge in [-0.15, -0.1) is 5.10 Å². The summed E-state index contributed by atoms with van der Waals surface area (Å²) < 4.78 is 11.0. The molecule has 0 radical (unpaired) electrons. The maximum absolute atomic E-state index is 12.0. The number of hydrazone groups is 1. The predicted molar refractivity (Wildman–Crippen MR) is 114 cm³/mol. The summed E-state index contributed by atoms with van der Waals surface area (Å²) in [7, 11) is 0. The fourth-order valence-electron chi connectivity index (χ4n) is 2.88. The number of fused-ring (bicyclic) bond motifs is 1. The largest absolute Gasteiger partial charge is 0.434 e. The Morgan fingerprint density at radius 3 is 2.68 bits per heavy atom. The SMILES string of the molecule is N#C/C1=N/N(c2cc(Cl)c(Oc3n[nH]c(=O)c4ccccc34)c(Cl)c2)C(O)NCOC1. The van der Waals surface area contributed by atoms with Crippen LogP contribution in [0.3, 0.4) is 0 Å². The van der Waals surface area contributed by atoms with Crippen molar-refractivity contribution >= 4 is 45.4 Å². The summed E-state index contributed by atoms with van der Waals surface area (Å²) >= 11 is 12.8. The zero-order chi connectivity index (χ0) is 22.0. The van der Waals surface area contributed by atoms with Gasteiger partial charge in [0.05, 0.1) is 26.5 Å². The van der Waals surface area contributed by atoms with E-state index in [1.165, 1.54) is 12.1 Å². The first kappa shape index (κ1) is 21.0. The van der Waals surface area contributed by atoms with Gasteiger partial charge in [0, 0.05) is 0 Å². The van der Waals surface area contributed by atoms with Gasteiger partial charge < -0.3 is 14.6 Å². The smallest absolute Gasteiger partial charge is 0.272 e. The highest BCUT2D eigenvalue weighted by atomic mass is 35.5. The van der Waals surface area contributed by atoms with Crippen molar-refractivity contribution in [2.75, 3.05) is 18.3 Å². The Bertz CT molecular complexity index is 1250. The van der Waals surface area contributed by atoms with Crippen LogP contribution in [0.4, 0.5) is 5.69 Å². The number of aromatic amines is 1. The summed E-state index contributed by atoms with van der Waals surface area (Å²) in [6.07, 6.45) is -1.30. The molecule has 10 nitrogen and oxygen atoms in total. The number of halogens is 2. The highest BCUT2D eigenvalue weighted by molar-refractivity contribution is 6.37. The van der Waals surface area contributed by atoms with Crippen LogP contribution in [0.5, 0.6) is 11.6 Å². The molecular weight excluding hydrogens is 447 g/mol. The van der Waals surface area contributed by atoms with Crippen LogP contribution in [0.15, 0.2) is 46.3 Å². The molecule has 3 N–H and O–H groups in total. The molecule has 0 fully saturated rings. The van der Waals surface area contributed by atoms with E-state index in [1.807, 2.05) is 6.07 Å². The summed E-state index contributed by atoms with van der Waals surface area (Å²) in [6.45, 7) is -0.0215. The average Bonchev–Trinajstić information content (AvgIpc) is 2.75.